The molecule has 21 heavy (non-hydrogen) atoms. The smallest absolute Gasteiger partial charge is 0.126 e. The molecule has 2 aromatic rings. The fraction of sp³-hybridized carbons (Fsp3) is 0.294. The van der Waals surface area contributed by atoms with Gasteiger partial charge in [0.25, 0.3) is 0 Å². The van der Waals surface area contributed by atoms with E-state index in [1.807, 2.05) is 24.3 Å². The normalized spacial score (nSPS) is 12.4. The Morgan fingerprint density at radius 3 is 2.43 bits per heavy atom. The van der Waals surface area contributed by atoms with Crippen LogP contribution in [0.15, 0.2) is 42.5 Å². The van der Waals surface area contributed by atoms with Gasteiger partial charge < -0.3 is 5.32 Å². The molecule has 0 saturated heterocycles. The maximum absolute atomic E-state index is 13.3. The van der Waals surface area contributed by atoms with Crippen LogP contribution in [0.4, 0.5) is 8.78 Å². The highest BCUT2D eigenvalue weighted by Crippen LogP contribution is 2.22. The first kappa shape index (κ1) is 15.9. The van der Waals surface area contributed by atoms with E-state index in [9.17, 15) is 8.78 Å². The van der Waals surface area contributed by atoms with Gasteiger partial charge in [-0.1, -0.05) is 30.7 Å². The van der Waals surface area contributed by atoms with Gasteiger partial charge >= 0.3 is 0 Å². The molecule has 0 fully saturated rings. The minimum atomic E-state index is -0.551. The Labute approximate surface area is 128 Å². The second-order valence-corrected chi connectivity index (χ2v) is 5.48. The third-order valence-corrected chi connectivity index (χ3v) is 3.49. The number of rotatable bonds is 6. The fourth-order valence-electron chi connectivity index (χ4n) is 2.31. The highest BCUT2D eigenvalue weighted by atomic mass is 35.5. The summed E-state index contributed by atoms with van der Waals surface area (Å²) in [5, 5.41) is 4.05. The summed E-state index contributed by atoms with van der Waals surface area (Å²) < 4.78 is 26.6. The number of halogens is 3. The van der Waals surface area contributed by atoms with Gasteiger partial charge in [0, 0.05) is 17.1 Å². The van der Waals surface area contributed by atoms with Crippen LogP contribution in [0.3, 0.4) is 0 Å². The van der Waals surface area contributed by atoms with E-state index in [4.69, 9.17) is 11.6 Å². The van der Waals surface area contributed by atoms with Crippen LogP contribution < -0.4 is 5.32 Å². The monoisotopic (exact) mass is 309 g/mol. The number of nitrogens with one attached hydrogen (secondary N) is 1. The van der Waals surface area contributed by atoms with Crippen molar-refractivity contribution in [2.24, 2.45) is 0 Å². The maximum atomic E-state index is 13.3. The summed E-state index contributed by atoms with van der Waals surface area (Å²) in [5.74, 6) is -1.10. The zero-order chi connectivity index (χ0) is 15.2. The Morgan fingerprint density at radius 2 is 1.81 bits per heavy atom. The molecule has 4 heteroatoms. The Morgan fingerprint density at radius 1 is 1.10 bits per heavy atom. The van der Waals surface area contributed by atoms with Crippen LogP contribution in [0.5, 0.6) is 0 Å². The van der Waals surface area contributed by atoms with E-state index in [-0.39, 0.29) is 6.04 Å². The molecule has 0 aromatic heterocycles. The minimum Gasteiger partial charge on any atom is -0.310 e. The second kappa shape index (κ2) is 7.53. The molecule has 1 atom stereocenters. The van der Waals surface area contributed by atoms with E-state index in [0.29, 0.717) is 17.0 Å². The van der Waals surface area contributed by atoms with Gasteiger partial charge in [-0.15, -0.1) is 0 Å². The summed E-state index contributed by atoms with van der Waals surface area (Å²) in [7, 11) is 0. The molecule has 112 valence electrons. The van der Waals surface area contributed by atoms with Crippen LogP contribution in [0, 0.1) is 11.6 Å². The zero-order valence-electron chi connectivity index (χ0n) is 11.9. The maximum Gasteiger partial charge on any atom is 0.126 e. The molecule has 2 aromatic carbocycles. The summed E-state index contributed by atoms with van der Waals surface area (Å²) in [5.41, 5.74) is 1.64. The summed E-state index contributed by atoms with van der Waals surface area (Å²) in [4.78, 5) is 0. The molecule has 0 aliphatic heterocycles. The SMILES string of the molecule is CCCNC(Cc1cc(F)cc(F)c1)c1cccc(Cl)c1. The molecule has 1 nitrogen and oxygen atoms in total. The van der Waals surface area contributed by atoms with Crippen molar-refractivity contribution in [3.8, 4) is 0 Å². The average Bonchev–Trinajstić information content (AvgIpc) is 2.42. The van der Waals surface area contributed by atoms with E-state index < -0.39 is 11.6 Å². The molecule has 0 aliphatic carbocycles. The van der Waals surface area contributed by atoms with Crippen molar-refractivity contribution in [3.05, 3.63) is 70.2 Å². The van der Waals surface area contributed by atoms with Crippen LogP contribution in [-0.2, 0) is 6.42 Å². The molecule has 1 unspecified atom stereocenters. The fourth-order valence-corrected chi connectivity index (χ4v) is 2.51. The molecule has 0 radical (unpaired) electrons. The molecule has 0 amide bonds. The molecular weight excluding hydrogens is 292 g/mol. The molecule has 0 saturated carbocycles. The van der Waals surface area contributed by atoms with Gasteiger partial charge in [-0.05, 0) is 54.8 Å². The molecule has 1 N–H and O–H groups in total. The van der Waals surface area contributed by atoms with Gasteiger partial charge in [-0.2, -0.15) is 0 Å². The van der Waals surface area contributed by atoms with Gasteiger partial charge in [0.05, 0.1) is 0 Å². The van der Waals surface area contributed by atoms with E-state index in [1.54, 1.807) is 0 Å². The van der Waals surface area contributed by atoms with Crippen LogP contribution in [0.1, 0.15) is 30.5 Å². The van der Waals surface area contributed by atoms with E-state index in [1.165, 1.54) is 12.1 Å². The molecule has 2 rings (SSSR count). The molecule has 0 heterocycles. The summed E-state index contributed by atoms with van der Waals surface area (Å²) >= 11 is 6.03. The van der Waals surface area contributed by atoms with Gasteiger partial charge in [-0.25, -0.2) is 8.78 Å². The first-order valence-electron chi connectivity index (χ1n) is 7.02. The van der Waals surface area contributed by atoms with Gasteiger partial charge in [0.2, 0.25) is 0 Å². The number of hydrogen-bond donors (Lipinski definition) is 1. The molecule has 0 bridgehead atoms. The van der Waals surface area contributed by atoms with Crippen molar-refractivity contribution in [1.82, 2.24) is 5.32 Å². The Kier molecular flexibility index (Phi) is 5.71. The minimum absolute atomic E-state index is 0.0233. The largest absolute Gasteiger partial charge is 0.310 e. The van der Waals surface area contributed by atoms with Crippen molar-refractivity contribution in [2.75, 3.05) is 6.54 Å². The third-order valence-electron chi connectivity index (χ3n) is 3.25. The second-order valence-electron chi connectivity index (χ2n) is 5.04. The highest BCUT2D eigenvalue weighted by molar-refractivity contribution is 6.30. The summed E-state index contributed by atoms with van der Waals surface area (Å²) in [6.45, 7) is 2.90. The van der Waals surface area contributed by atoms with Crippen molar-refractivity contribution in [2.45, 2.75) is 25.8 Å². The Hall–Kier alpha value is -1.45. The predicted octanol–water partition coefficient (Wildman–Crippen LogP) is 4.90. The van der Waals surface area contributed by atoms with E-state index in [0.717, 1.165) is 24.6 Å². The first-order chi connectivity index (χ1) is 10.1. The van der Waals surface area contributed by atoms with Crippen LogP contribution >= 0.6 is 11.6 Å². The van der Waals surface area contributed by atoms with Gasteiger partial charge in [-0.3, -0.25) is 0 Å². The van der Waals surface area contributed by atoms with Crippen molar-refractivity contribution < 1.29 is 8.78 Å². The zero-order valence-corrected chi connectivity index (χ0v) is 12.6. The van der Waals surface area contributed by atoms with Crippen LogP contribution in [0.25, 0.3) is 0 Å². The summed E-state index contributed by atoms with van der Waals surface area (Å²) in [6, 6.07) is 11.1. The van der Waals surface area contributed by atoms with Crippen molar-refractivity contribution in [1.29, 1.82) is 0 Å². The predicted molar refractivity (Wildman–Crippen MR) is 82.5 cm³/mol. The average molecular weight is 310 g/mol. The van der Waals surface area contributed by atoms with Gasteiger partial charge in [0.15, 0.2) is 0 Å². The topological polar surface area (TPSA) is 12.0 Å². The Balaban J connectivity index is 2.23. The Bertz CT molecular complexity index is 581. The number of benzene rings is 2. The van der Waals surface area contributed by atoms with Crippen LogP contribution in [0.2, 0.25) is 5.02 Å². The van der Waals surface area contributed by atoms with Gasteiger partial charge in [0.1, 0.15) is 11.6 Å². The van der Waals surface area contributed by atoms with Crippen molar-refractivity contribution in [3.63, 3.8) is 0 Å². The quantitative estimate of drug-likeness (QED) is 0.800. The lowest BCUT2D eigenvalue weighted by molar-refractivity contribution is 0.522. The first-order valence-corrected chi connectivity index (χ1v) is 7.40. The lowest BCUT2D eigenvalue weighted by Gasteiger charge is -2.19. The lowest BCUT2D eigenvalue weighted by Crippen LogP contribution is -2.24. The molecule has 0 aliphatic rings. The standard InChI is InChI=1S/C17H18ClF2N/c1-2-6-21-17(13-4-3-5-14(18)10-13)9-12-7-15(19)11-16(20)8-12/h3-5,7-8,10-11,17,21H,2,6,9H2,1H3. The molecule has 0 spiro atoms. The van der Waals surface area contributed by atoms with Crippen LogP contribution in [-0.4, -0.2) is 6.54 Å². The lowest BCUT2D eigenvalue weighted by atomic mass is 9.98. The van der Waals surface area contributed by atoms with Crippen molar-refractivity contribution >= 4 is 11.6 Å². The molecular formula is C17H18ClF2N. The highest BCUT2D eigenvalue weighted by Gasteiger charge is 2.13. The number of hydrogen-bond acceptors (Lipinski definition) is 1. The van der Waals surface area contributed by atoms with E-state index in [2.05, 4.69) is 12.2 Å². The summed E-state index contributed by atoms with van der Waals surface area (Å²) in [6.07, 6.45) is 1.49. The third kappa shape index (κ3) is 4.80. The van der Waals surface area contributed by atoms with E-state index >= 15 is 0 Å².